The molecule has 0 unspecified atom stereocenters. The van der Waals surface area contributed by atoms with Crippen LogP contribution >= 0.6 is 11.3 Å². The fourth-order valence-electron chi connectivity index (χ4n) is 2.37. The summed E-state index contributed by atoms with van der Waals surface area (Å²) in [6.07, 6.45) is 1.66. The van der Waals surface area contributed by atoms with E-state index in [2.05, 4.69) is 9.71 Å². The summed E-state index contributed by atoms with van der Waals surface area (Å²) in [7, 11) is -3.66. The first-order valence-corrected chi connectivity index (χ1v) is 8.80. The first-order chi connectivity index (χ1) is 9.63. The molecule has 7 heteroatoms. The van der Waals surface area contributed by atoms with Crippen molar-refractivity contribution >= 4 is 27.0 Å². The van der Waals surface area contributed by atoms with Gasteiger partial charge in [-0.15, -0.1) is 11.3 Å². The number of nitrogens with two attached hydrogens (primary N) is 1. The molecule has 0 atom stereocenters. The Morgan fingerprint density at radius 2 is 1.81 bits per heavy atom. The van der Waals surface area contributed by atoms with Crippen molar-refractivity contribution in [3.63, 3.8) is 0 Å². The van der Waals surface area contributed by atoms with Crippen LogP contribution in [0.1, 0.15) is 30.0 Å². The summed E-state index contributed by atoms with van der Waals surface area (Å²) < 4.78 is 28.2. The molecule has 2 rings (SSSR count). The van der Waals surface area contributed by atoms with Crippen molar-refractivity contribution in [3.8, 4) is 0 Å². The van der Waals surface area contributed by atoms with E-state index in [9.17, 15) is 8.42 Å². The largest absolute Gasteiger partial charge is 0.399 e. The molecule has 114 valence electrons. The summed E-state index contributed by atoms with van der Waals surface area (Å²) in [5, 5.41) is 2.54. The van der Waals surface area contributed by atoms with E-state index >= 15 is 0 Å². The fraction of sp³-hybridized carbons (Fsp3) is 0.357. The Hall–Kier alpha value is -1.44. The number of nitrogens with zero attached hydrogens (tertiary/aromatic N) is 1. The number of sulfonamides is 1. The average Bonchev–Trinajstić information content (AvgIpc) is 2.78. The van der Waals surface area contributed by atoms with Crippen LogP contribution in [0.15, 0.2) is 28.6 Å². The minimum atomic E-state index is -3.66. The monoisotopic (exact) mass is 325 g/mol. The Labute approximate surface area is 129 Å². The number of hydrogen-bond donors (Lipinski definition) is 2. The minimum Gasteiger partial charge on any atom is -0.399 e. The van der Waals surface area contributed by atoms with Gasteiger partial charge >= 0.3 is 0 Å². The van der Waals surface area contributed by atoms with E-state index in [1.165, 1.54) is 11.3 Å². The Bertz CT molecular complexity index is 728. The van der Waals surface area contributed by atoms with Crippen molar-refractivity contribution in [2.45, 2.75) is 38.1 Å². The molecule has 0 aliphatic rings. The zero-order valence-electron chi connectivity index (χ0n) is 12.5. The molecule has 0 saturated carbocycles. The maximum atomic E-state index is 12.7. The van der Waals surface area contributed by atoms with Gasteiger partial charge in [-0.25, -0.2) is 13.4 Å². The number of nitrogens with one attached hydrogen (secondary N) is 1. The summed E-state index contributed by atoms with van der Waals surface area (Å²) in [5.41, 5.74) is 6.81. The van der Waals surface area contributed by atoms with E-state index in [0.717, 1.165) is 5.01 Å². The van der Waals surface area contributed by atoms with Crippen molar-refractivity contribution in [2.24, 2.45) is 0 Å². The molecule has 3 N–H and O–H groups in total. The SMILES string of the molecule is Cc1cc(N)cc(C)c1S(=O)(=O)NC(C)(C)c1nccs1. The number of hydrogen-bond acceptors (Lipinski definition) is 5. The molecular formula is C14H19N3O2S2. The molecule has 1 aromatic heterocycles. The third kappa shape index (κ3) is 3.25. The van der Waals surface area contributed by atoms with E-state index in [0.29, 0.717) is 16.8 Å². The molecule has 0 radical (unpaired) electrons. The van der Waals surface area contributed by atoms with Gasteiger partial charge in [-0.3, -0.25) is 0 Å². The summed E-state index contributed by atoms with van der Waals surface area (Å²) in [4.78, 5) is 4.48. The Morgan fingerprint density at radius 3 is 2.29 bits per heavy atom. The third-order valence-electron chi connectivity index (χ3n) is 3.11. The summed E-state index contributed by atoms with van der Waals surface area (Å²) in [5.74, 6) is 0. The van der Waals surface area contributed by atoms with Gasteiger partial charge in [-0.1, -0.05) is 0 Å². The number of benzene rings is 1. The number of nitrogen functional groups attached to an aromatic ring is 1. The number of anilines is 1. The zero-order chi connectivity index (χ0) is 15.8. The van der Waals surface area contributed by atoms with Crippen LogP contribution in [0.2, 0.25) is 0 Å². The molecule has 1 aromatic carbocycles. The molecule has 0 aliphatic heterocycles. The highest BCUT2D eigenvalue weighted by Gasteiger charge is 2.31. The maximum absolute atomic E-state index is 12.7. The Balaban J connectivity index is 2.45. The molecule has 2 aromatic rings. The predicted octanol–water partition coefficient (Wildman–Crippen LogP) is 2.56. The lowest BCUT2D eigenvalue weighted by Crippen LogP contribution is -2.41. The first-order valence-electron chi connectivity index (χ1n) is 6.44. The number of thiazole rings is 1. The third-order valence-corrected chi connectivity index (χ3v) is 6.17. The highest BCUT2D eigenvalue weighted by Crippen LogP contribution is 2.28. The summed E-state index contributed by atoms with van der Waals surface area (Å²) >= 11 is 1.42. The second-order valence-electron chi connectivity index (χ2n) is 5.55. The summed E-state index contributed by atoms with van der Waals surface area (Å²) in [6, 6.07) is 3.33. The van der Waals surface area contributed by atoms with E-state index in [1.807, 2.05) is 5.38 Å². The molecule has 0 spiro atoms. The number of aromatic nitrogens is 1. The van der Waals surface area contributed by atoms with E-state index in [4.69, 9.17) is 5.73 Å². The predicted molar refractivity (Wildman–Crippen MR) is 85.8 cm³/mol. The van der Waals surface area contributed by atoms with Gasteiger partial charge in [0.25, 0.3) is 0 Å². The van der Waals surface area contributed by atoms with Crippen LogP contribution in [0.25, 0.3) is 0 Å². The van der Waals surface area contributed by atoms with Gasteiger partial charge in [0.15, 0.2) is 0 Å². The molecule has 0 fully saturated rings. The lowest BCUT2D eigenvalue weighted by atomic mass is 10.1. The van der Waals surface area contributed by atoms with Crippen molar-refractivity contribution < 1.29 is 8.42 Å². The number of aryl methyl sites for hydroxylation is 2. The fourth-order valence-corrected chi connectivity index (χ4v) is 4.99. The highest BCUT2D eigenvalue weighted by atomic mass is 32.2. The highest BCUT2D eigenvalue weighted by molar-refractivity contribution is 7.89. The summed E-state index contributed by atoms with van der Waals surface area (Å²) in [6.45, 7) is 7.08. The minimum absolute atomic E-state index is 0.279. The van der Waals surface area contributed by atoms with E-state index in [1.54, 1.807) is 46.0 Å². The first kappa shape index (κ1) is 15.9. The van der Waals surface area contributed by atoms with Crippen LogP contribution in [0.5, 0.6) is 0 Å². The molecule has 21 heavy (non-hydrogen) atoms. The van der Waals surface area contributed by atoms with Crippen molar-refractivity contribution in [1.29, 1.82) is 0 Å². The van der Waals surface area contributed by atoms with E-state index < -0.39 is 15.6 Å². The molecular weight excluding hydrogens is 306 g/mol. The second-order valence-corrected chi connectivity index (χ2v) is 8.07. The molecule has 1 heterocycles. The van der Waals surface area contributed by atoms with E-state index in [-0.39, 0.29) is 4.90 Å². The Kier molecular flexibility index (Phi) is 4.10. The van der Waals surface area contributed by atoms with Gasteiger partial charge in [0.05, 0.1) is 10.4 Å². The molecule has 5 nitrogen and oxygen atoms in total. The zero-order valence-corrected chi connectivity index (χ0v) is 14.1. The lowest BCUT2D eigenvalue weighted by Gasteiger charge is -2.24. The molecule has 0 saturated heterocycles. The Morgan fingerprint density at radius 1 is 1.24 bits per heavy atom. The van der Waals surface area contributed by atoms with Gasteiger partial charge in [-0.2, -0.15) is 4.72 Å². The van der Waals surface area contributed by atoms with Crippen LogP contribution in [-0.4, -0.2) is 13.4 Å². The molecule has 0 aliphatic carbocycles. The quantitative estimate of drug-likeness (QED) is 0.846. The second kappa shape index (κ2) is 5.40. The van der Waals surface area contributed by atoms with Crippen LogP contribution in [0.4, 0.5) is 5.69 Å². The average molecular weight is 325 g/mol. The van der Waals surface area contributed by atoms with Crippen molar-refractivity contribution in [3.05, 3.63) is 39.8 Å². The maximum Gasteiger partial charge on any atom is 0.241 e. The van der Waals surface area contributed by atoms with Gasteiger partial charge in [0, 0.05) is 17.3 Å². The standard InChI is InChI=1S/C14H19N3O2S2/c1-9-7-11(15)8-10(2)12(9)21(18,19)17-14(3,4)13-16-5-6-20-13/h5-8,17H,15H2,1-4H3. The molecule has 0 amide bonds. The van der Waals surface area contributed by atoms with Crippen LogP contribution < -0.4 is 10.5 Å². The van der Waals surface area contributed by atoms with Crippen LogP contribution in [0, 0.1) is 13.8 Å². The number of rotatable bonds is 4. The van der Waals surface area contributed by atoms with Gasteiger partial charge < -0.3 is 5.73 Å². The van der Waals surface area contributed by atoms with Crippen LogP contribution in [0.3, 0.4) is 0 Å². The van der Waals surface area contributed by atoms with Gasteiger partial charge in [0.2, 0.25) is 10.0 Å². The smallest absolute Gasteiger partial charge is 0.241 e. The molecule has 0 bridgehead atoms. The van der Waals surface area contributed by atoms with Crippen LogP contribution in [-0.2, 0) is 15.6 Å². The normalized spacial score (nSPS) is 12.6. The lowest BCUT2D eigenvalue weighted by molar-refractivity contribution is 0.469. The van der Waals surface area contributed by atoms with Gasteiger partial charge in [0.1, 0.15) is 5.01 Å². The van der Waals surface area contributed by atoms with Crippen molar-refractivity contribution in [2.75, 3.05) is 5.73 Å². The topological polar surface area (TPSA) is 85.1 Å². The van der Waals surface area contributed by atoms with Crippen molar-refractivity contribution in [1.82, 2.24) is 9.71 Å². The van der Waals surface area contributed by atoms with Gasteiger partial charge in [-0.05, 0) is 51.0 Å².